The van der Waals surface area contributed by atoms with E-state index in [1.165, 1.54) is 5.56 Å². The van der Waals surface area contributed by atoms with E-state index in [9.17, 15) is 0 Å². The van der Waals surface area contributed by atoms with Gasteiger partial charge >= 0.3 is 0 Å². The summed E-state index contributed by atoms with van der Waals surface area (Å²) in [5, 5.41) is 3.39. The van der Waals surface area contributed by atoms with Crippen LogP contribution in [0.4, 0.5) is 0 Å². The Morgan fingerprint density at radius 3 is 2.88 bits per heavy atom. The summed E-state index contributed by atoms with van der Waals surface area (Å²) in [6, 6.07) is 8.05. The zero-order valence-electron chi connectivity index (χ0n) is 9.90. The van der Waals surface area contributed by atoms with Crippen LogP contribution >= 0.6 is 15.9 Å². The molecule has 0 fully saturated rings. The van der Waals surface area contributed by atoms with Crippen LogP contribution in [0.5, 0.6) is 0 Å². The van der Waals surface area contributed by atoms with Gasteiger partial charge in [0.25, 0.3) is 0 Å². The van der Waals surface area contributed by atoms with Gasteiger partial charge in [0.15, 0.2) is 4.67 Å². The Kier molecular flexibility index (Phi) is 3.97. The third kappa shape index (κ3) is 3.17. The van der Waals surface area contributed by atoms with Gasteiger partial charge in [0.05, 0.1) is 11.7 Å². The van der Waals surface area contributed by atoms with Gasteiger partial charge in [-0.05, 0) is 53.5 Å². The fourth-order valence-electron chi connectivity index (χ4n) is 1.61. The van der Waals surface area contributed by atoms with Gasteiger partial charge in [-0.3, -0.25) is 4.98 Å². The Morgan fingerprint density at radius 1 is 1.41 bits per heavy atom. The first kappa shape index (κ1) is 12.3. The molecule has 0 amide bonds. The lowest BCUT2D eigenvalue weighted by Crippen LogP contribution is -2.18. The average Bonchev–Trinajstić information content (AvgIpc) is 2.74. The topological polar surface area (TPSA) is 38.1 Å². The van der Waals surface area contributed by atoms with Crippen molar-refractivity contribution in [3.63, 3.8) is 0 Å². The van der Waals surface area contributed by atoms with Crippen LogP contribution in [0.1, 0.15) is 30.0 Å². The Morgan fingerprint density at radius 2 is 2.24 bits per heavy atom. The summed E-state index contributed by atoms with van der Waals surface area (Å²) in [7, 11) is 0. The summed E-state index contributed by atoms with van der Waals surface area (Å²) < 4.78 is 6.26. The smallest absolute Gasteiger partial charge is 0.169 e. The molecule has 2 heterocycles. The number of rotatable bonds is 4. The molecule has 0 aliphatic heterocycles. The van der Waals surface area contributed by atoms with Crippen molar-refractivity contribution in [2.75, 3.05) is 0 Å². The molecule has 2 aromatic heterocycles. The van der Waals surface area contributed by atoms with E-state index in [-0.39, 0.29) is 6.04 Å². The van der Waals surface area contributed by atoms with Gasteiger partial charge in [-0.2, -0.15) is 0 Å². The van der Waals surface area contributed by atoms with E-state index >= 15 is 0 Å². The second kappa shape index (κ2) is 5.47. The molecular formula is C13H15BrN2O. The lowest BCUT2D eigenvalue weighted by Gasteiger charge is -2.11. The molecule has 2 aromatic rings. The molecule has 1 atom stereocenters. The van der Waals surface area contributed by atoms with Crippen molar-refractivity contribution in [1.82, 2.24) is 10.3 Å². The second-order valence-electron chi connectivity index (χ2n) is 4.01. The van der Waals surface area contributed by atoms with E-state index < -0.39 is 0 Å². The van der Waals surface area contributed by atoms with Crippen LogP contribution in [0.25, 0.3) is 0 Å². The highest BCUT2D eigenvalue weighted by Gasteiger charge is 2.09. The lowest BCUT2D eigenvalue weighted by atomic mass is 10.2. The van der Waals surface area contributed by atoms with E-state index in [1.54, 1.807) is 0 Å². The van der Waals surface area contributed by atoms with Crippen molar-refractivity contribution >= 4 is 15.9 Å². The highest BCUT2D eigenvalue weighted by molar-refractivity contribution is 9.10. The van der Waals surface area contributed by atoms with Crippen molar-refractivity contribution in [3.05, 3.63) is 52.1 Å². The van der Waals surface area contributed by atoms with Gasteiger partial charge in [0, 0.05) is 12.7 Å². The molecule has 0 aliphatic carbocycles. The molecule has 17 heavy (non-hydrogen) atoms. The SMILES string of the molecule is Cc1cccnc1CNC(C)c1ccc(Br)o1. The molecular weight excluding hydrogens is 280 g/mol. The van der Waals surface area contributed by atoms with Crippen LogP contribution in [0.15, 0.2) is 39.5 Å². The highest BCUT2D eigenvalue weighted by atomic mass is 79.9. The van der Waals surface area contributed by atoms with E-state index in [2.05, 4.69) is 46.1 Å². The monoisotopic (exact) mass is 294 g/mol. The Hall–Kier alpha value is -1.13. The molecule has 0 aromatic carbocycles. The molecule has 90 valence electrons. The van der Waals surface area contributed by atoms with Gasteiger partial charge in [0.2, 0.25) is 0 Å². The normalized spacial score (nSPS) is 12.6. The minimum absolute atomic E-state index is 0.169. The van der Waals surface area contributed by atoms with Crippen molar-refractivity contribution in [2.24, 2.45) is 0 Å². The molecule has 0 saturated heterocycles. The molecule has 1 N–H and O–H groups in total. The maximum Gasteiger partial charge on any atom is 0.169 e. The summed E-state index contributed by atoms with van der Waals surface area (Å²) in [6.45, 7) is 4.88. The van der Waals surface area contributed by atoms with Crippen molar-refractivity contribution in [2.45, 2.75) is 26.4 Å². The summed E-state index contributed by atoms with van der Waals surface area (Å²) >= 11 is 3.30. The average molecular weight is 295 g/mol. The summed E-state index contributed by atoms with van der Waals surface area (Å²) in [4.78, 5) is 4.35. The molecule has 1 unspecified atom stereocenters. The number of nitrogens with one attached hydrogen (secondary N) is 1. The summed E-state index contributed by atoms with van der Waals surface area (Å²) in [5.74, 6) is 0.922. The first-order chi connectivity index (χ1) is 8.16. The molecule has 0 spiro atoms. The first-order valence-electron chi connectivity index (χ1n) is 5.56. The number of hydrogen-bond donors (Lipinski definition) is 1. The number of pyridine rings is 1. The first-order valence-corrected chi connectivity index (χ1v) is 6.35. The standard InChI is InChI=1S/C13H15BrN2O/c1-9-4-3-7-15-11(9)8-16-10(2)12-5-6-13(14)17-12/h3-7,10,16H,8H2,1-2H3. The summed E-state index contributed by atoms with van der Waals surface area (Å²) in [6.07, 6.45) is 1.82. The highest BCUT2D eigenvalue weighted by Crippen LogP contribution is 2.20. The number of halogens is 1. The van der Waals surface area contributed by atoms with E-state index in [0.29, 0.717) is 0 Å². The van der Waals surface area contributed by atoms with Gasteiger partial charge in [-0.1, -0.05) is 6.07 Å². The number of aromatic nitrogens is 1. The maximum atomic E-state index is 5.50. The van der Waals surface area contributed by atoms with Crippen LogP contribution in [-0.2, 0) is 6.54 Å². The Labute approximate surface area is 109 Å². The van der Waals surface area contributed by atoms with E-state index in [1.807, 2.05) is 24.4 Å². The summed E-state index contributed by atoms with van der Waals surface area (Å²) in [5.41, 5.74) is 2.28. The molecule has 0 saturated carbocycles. The zero-order valence-corrected chi connectivity index (χ0v) is 11.5. The van der Waals surface area contributed by atoms with Crippen molar-refractivity contribution in [1.29, 1.82) is 0 Å². The van der Waals surface area contributed by atoms with Gasteiger partial charge in [0.1, 0.15) is 5.76 Å². The molecule has 4 heteroatoms. The van der Waals surface area contributed by atoms with Crippen molar-refractivity contribution < 1.29 is 4.42 Å². The van der Waals surface area contributed by atoms with Gasteiger partial charge < -0.3 is 9.73 Å². The lowest BCUT2D eigenvalue weighted by molar-refractivity contribution is 0.416. The molecule has 2 rings (SSSR count). The fraction of sp³-hybridized carbons (Fsp3) is 0.308. The van der Waals surface area contributed by atoms with Crippen molar-refractivity contribution in [3.8, 4) is 0 Å². The van der Waals surface area contributed by atoms with Gasteiger partial charge in [-0.25, -0.2) is 0 Å². The predicted molar refractivity (Wildman–Crippen MR) is 70.6 cm³/mol. The van der Waals surface area contributed by atoms with Crippen LogP contribution in [0, 0.1) is 6.92 Å². The number of hydrogen-bond acceptors (Lipinski definition) is 3. The van der Waals surface area contributed by atoms with Crippen LogP contribution in [0.3, 0.4) is 0 Å². The molecule has 0 radical (unpaired) electrons. The van der Waals surface area contributed by atoms with Crippen LogP contribution < -0.4 is 5.32 Å². The van der Waals surface area contributed by atoms with E-state index in [4.69, 9.17) is 4.42 Å². The maximum absolute atomic E-state index is 5.50. The number of furan rings is 1. The molecule has 0 bridgehead atoms. The minimum atomic E-state index is 0.169. The third-order valence-corrected chi connectivity index (χ3v) is 3.14. The number of nitrogens with zero attached hydrogens (tertiary/aromatic N) is 1. The van der Waals surface area contributed by atoms with Crippen LogP contribution in [0.2, 0.25) is 0 Å². The quantitative estimate of drug-likeness (QED) is 0.936. The predicted octanol–water partition coefficient (Wildman–Crippen LogP) is 3.60. The molecule has 3 nitrogen and oxygen atoms in total. The van der Waals surface area contributed by atoms with Crippen LogP contribution in [-0.4, -0.2) is 4.98 Å². The van der Waals surface area contributed by atoms with Gasteiger partial charge in [-0.15, -0.1) is 0 Å². The zero-order chi connectivity index (χ0) is 12.3. The number of aryl methyl sites for hydroxylation is 1. The fourth-order valence-corrected chi connectivity index (χ4v) is 1.93. The molecule has 0 aliphatic rings. The Balaban J connectivity index is 1.97. The minimum Gasteiger partial charge on any atom is -0.453 e. The third-order valence-electron chi connectivity index (χ3n) is 2.71. The van der Waals surface area contributed by atoms with E-state index in [0.717, 1.165) is 22.7 Å². The largest absolute Gasteiger partial charge is 0.453 e. The Bertz CT molecular complexity index is 496. The second-order valence-corrected chi connectivity index (χ2v) is 4.79.